The summed E-state index contributed by atoms with van der Waals surface area (Å²) in [5, 5.41) is 4.19. The summed E-state index contributed by atoms with van der Waals surface area (Å²) in [7, 11) is 0. The smallest absolute Gasteiger partial charge is 0.350 e. The number of benzene rings is 1. The highest BCUT2D eigenvalue weighted by atomic mass is 19.4. The topological polar surface area (TPSA) is 65.4 Å². The predicted octanol–water partition coefficient (Wildman–Crippen LogP) is 3.96. The van der Waals surface area contributed by atoms with E-state index in [0.29, 0.717) is 24.3 Å². The summed E-state index contributed by atoms with van der Waals surface area (Å²) in [6.45, 7) is 0.585. The van der Waals surface area contributed by atoms with Crippen LogP contribution >= 0.6 is 0 Å². The van der Waals surface area contributed by atoms with Crippen LogP contribution in [0.2, 0.25) is 0 Å². The molecule has 9 heteroatoms. The molecule has 1 aliphatic carbocycles. The van der Waals surface area contributed by atoms with Crippen LogP contribution in [0.5, 0.6) is 0 Å². The first-order valence-electron chi connectivity index (χ1n) is 9.26. The van der Waals surface area contributed by atoms with Crippen molar-refractivity contribution in [3.63, 3.8) is 0 Å². The molecule has 4 rings (SSSR count). The molecule has 150 valence electrons. The molecule has 1 aromatic heterocycles. The fraction of sp³-hybridized carbons (Fsp3) is 0.474. The van der Waals surface area contributed by atoms with Crippen molar-refractivity contribution in [3.05, 3.63) is 47.3 Å². The number of amides is 1. The number of carbonyl (C=O) groups excluding carboxylic acids is 1. The molecule has 1 aliphatic heterocycles. The van der Waals surface area contributed by atoms with E-state index in [4.69, 9.17) is 9.57 Å². The maximum Gasteiger partial charge on any atom is 0.416 e. The third-order valence-corrected chi connectivity index (χ3v) is 4.85. The second-order valence-electron chi connectivity index (χ2n) is 7.02. The van der Waals surface area contributed by atoms with E-state index in [0.717, 1.165) is 37.8 Å². The summed E-state index contributed by atoms with van der Waals surface area (Å²) in [5.74, 6) is -0.391. The minimum Gasteiger partial charge on any atom is -0.350 e. The van der Waals surface area contributed by atoms with Gasteiger partial charge in [0.2, 0.25) is 0 Å². The highest BCUT2D eigenvalue weighted by Gasteiger charge is 2.34. The first-order valence-corrected chi connectivity index (χ1v) is 9.26. The third-order valence-electron chi connectivity index (χ3n) is 4.85. The number of hydrogen-bond acceptors (Lipinski definition) is 4. The fourth-order valence-electron chi connectivity index (χ4n) is 3.28. The Morgan fingerprint density at radius 1 is 1.25 bits per heavy atom. The van der Waals surface area contributed by atoms with Crippen LogP contribution in [0.4, 0.5) is 13.2 Å². The van der Waals surface area contributed by atoms with Gasteiger partial charge in [0.1, 0.15) is 0 Å². The van der Waals surface area contributed by atoms with E-state index in [1.165, 1.54) is 16.9 Å². The predicted molar refractivity (Wildman–Crippen MR) is 92.7 cm³/mol. The van der Waals surface area contributed by atoms with E-state index < -0.39 is 23.9 Å². The Morgan fingerprint density at radius 2 is 2.07 bits per heavy atom. The Bertz CT molecular complexity index is 856. The van der Waals surface area contributed by atoms with Gasteiger partial charge in [-0.25, -0.2) is 15.0 Å². The molecule has 0 bridgehead atoms. The number of nitrogens with one attached hydrogen (secondary N) is 1. The molecule has 28 heavy (non-hydrogen) atoms. The molecular formula is C19H20F3N3O3. The number of hydrogen-bond donors (Lipinski definition) is 1. The van der Waals surface area contributed by atoms with Crippen molar-refractivity contribution in [1.82, 2.24) is 15.3 Å². The minimum absolute atomic E-state index is 0.0868. The van der Waals surface area contributed by atoms with Crippen molar-refractivity contribution in [2.75, 3.05) is 6.61 Å². The van der Waals surface area contributed by atoms with E-state index in [-0.39, 0.29) is 11.6 Å². The van der Waals surface area contributed by atoms with E-state index in [1.54, 1.807) is 6.07 Å². The van der Waals surface area contributed by atoms with Crippen molar-refractivity contribution in [1.29, 1.82) is 0 Å². The van der Waals surface area contributed by atoms with E-state index in [1.807, 2.05) is 0 Å². The summed E-state index contributed by atoms with van der Waals surface area (Å²) < 4.78 is 46.0. The molecule has 1 amide bonds. The molecule has 2 aliphatic rings. The number of alkyl halides is 3. The summed E-state index contributed by atoms with van der Waals surface area (Å²) in [5.41, 5.74) is 2.81. The molecule has 1 unspecified atom stereocenters. The summed E-state index contributed by atoms with van der Waals surface area (Å²) >= 11 is 0. The van der Waals surface area contributed by atoms with Crippen LogP contribution in [0.15, 0.2) is 30.5 Å². The molecule has 2 heterocycles. The lowest BCUT2D eigenvalue weighted by atomic mass is 10.1. The standard InChI is InChI=1S/C19H20F3N3O3/c20-19(21,22)13-4-3-5-14(10-13)25-17(12-7-8-12)15(11-23-25)18(26)24-28-16-6-1-2-9-27-16/h3-5,10-12,16H,1-2,6-9H2,(H,24,26). The van der Waals surface area contributed by atoms with Gasteiger partial charge in [-0.2, -0.15) is 18.3 Å². The molecule has 1 N–H and O–H groups in total. The molecule has 2 fully saturated rings. The monoisotopic (exact) mass is 395 g/mol. The van der Waals surface area contributed by atoms with Crippen LogP contribution in [0.3, 0.4) is 0 Å². The van der Waals surface area contributed by atoms with Gasteiger partial charge in [0.15, 0.2) is 6.29 Å². The van der Waals surface area contributed by atoms with E-state index in [2.05, 4.69) is 10.6 Å². The second kappa shape index (κ2) is 7.56. The Balaban J connectivity index is 1.57. The molecule has 2 aromatic rings. The number of hydroxylamine groups is 1. The van der Waals surface area contributed by atoms with Crippen LogP contribution in [0.1, 0.15) is 59.6 Å². The highest BCUT2D eigenvalue weighted by molar-refractivity contribution is 5.94. The normalized spacial score (nSPS) is 20.2. The first-order chi connectivity index (χ1) is 13.4. The zero-order chi connectivity index (χ0) is 19.7. The minimum atomic E-state index is -4.45. The van der Waals surface area contributed by atoms with Crippen LogP contribution in [-0.4, -0.2) is 28.6 Å². The highest BCUT2D eigenvalue weighted by Crippen LogP contribution is 2.42. The number of carbonyl (C=O) groups is 1. The van der Waals surface area contributed by atoms with Crippen molar-refractivity contribution in [2.24, 2.45) is 0 Å². The summed E-state index contributed by atoms with van der Waals surface area (Å²) in [6, 6.07) is 4.92. The van der Waals surface area contributed by atoms with E-state index in [9.17, 15) is 18.0 Å². The van der Waals surface area contributed by atoms with Crippen LogP contribution in [0.25, 0.3) is 5.69 Å². The maximum atomic E-state index is 13.0. The van der Waals surface area contributed by atoms with Crippen LogP contribution < -0.4 is 5.48 Å². The average Bonchev–Trinajstić information content (AvgIpc) is 3.44. The van der Waals surface area contributed by atoms with Crippen LogP contribution in [0, 0.1) is 0 Å². The van der Waals surface area contributed by atoms with Gasteiger partial charge in [0, 0.05) is 18.9 Å². The average molecular weight is 395 g/mol. The Morgan fingerprint density at radius 3 is 2.75 bits per heavy atom. The lowest BCUT2D eigenvalue weighted by Gasteiger charge is -2.22. The Hall–Kier alpha value is -2.39. The van der Waals surface area contributed by atoms with Gasteiger partial charge in [0.25, 0.3) is 5.91 Å². The number of rotatable bonds is 5. The van der Waals surface area contributed by atoms with Gasteiger partial charge >= 0.3 is 6.18 Å². The number of halogens is 3. The van der Waals surface area contributed by atoms with Gasteiger partial charge < -0.3 is 4.74 Å². The Kier molecular flexibility index (Phi) is 5.11. The van der Waals surface area contributed by atoms with Crippen molar-refractivity contribution >= 4 is 5.91 Å². The zero-order valence-corrected chi connectivity index (χ0v) is 15.0. The summed E-state index contributed by atoms with van der Waals surface area (Å²) in [6.07, 6.45) is 0.769. The molecule has 1 atom stereocenters. The number of nitrogens with zero attached hydrogens (tertiary/aromatic N) is 2. The van der Waals surface area contributed by atoms with Crippen molar-refractivity contribution in [2.45, 2.75) is 50.5 Å². The van der Waals surface area contributed by atoms with Crippen LogP contribution in [-0.2, 0) is 15.8 Å². The molecule has 1 saturated heterocycles. The summed E-state index contributed by atoms with van der Waals surface area (Å²) in [4.78, 5) is 17.9. The molecule has 0 radical (unpaired) electrons. The molecular weight excluding hydrogens is 375 g/mol. The lowest BCUT2D eigenvalue weighted by molar-refractivity contribution is -0.186. The first kappa shape index (κ1) is 18.9. The third kappa shape index (κ3) is 4.05. The molecule has 1 aromatic carbocycles. The number of aromatic nitrogens is 2. The van der Waals surface area contributed by atoms with Gasteiger partial charge in [0.05, 0.1) is 28.7 Å². The number of ether oxygens (including phenoxy) is 1. The lowest BCUT2D eigenvalue weighted by Crippen LogP contribution is -2.33. The Labute approximate surface area is 159 Å². The van der Waals surface area contributed by atoms with Crippen molar-refractivity contribution < 1.29 is 27.5 Å². The molecule has 1 saturated carbocycles. The fourth-order valence-corrected chi connectivity index (χ4v) is 3.28. The maximum absolute atomic E-state index is 13.0. The molecule has 0 spiro atoms. The van der Waals surface area contributed by atoms with Crippen molar-refractivity contribution in [3.8, 4) is 5.69 Å². The molecule has 6 nitrogen and oxygen atoms in total. The van der Waals surface area contributed by atoms with Gasteiger partial charge in [-0.15, -0.1) is 0 Å². The second-order valence-corrected chi connectivity index (χ2v) is 7.02. The largest absolute Gasteiger partial charge is 0.416 e. The quantitative estimate of drug-likeness (QED) is 0.779. The SMILES string of the molecule is O=C(NOC1CCCCO1)c1cnn(-c2cccc(C(F)(F)F)c2)c1C1CC1. The van der Waals surface area contributed by atoms with E-state index >= 15 is 0 Å². The van der Waals surface area contributed by atoms with Gasteiger partial charge in [-0.1, -0.05) is 6.07 Å². The van der Waals surface area contributed by atoms with Gasteiger partial charge in [-0.3, -0.25) is 4.79 Å². The zero-order valence-electron chi connectivity index (χ0n) is 15.0. The van der Waals surface area contributed by atoms with Gasteiger partial charge in [-0.05, 0) is 43.9 Å².